The minimum atomic E-state index is 0.972. The molecule has 0 radical (unpaired) electrons. The van der Waals surface area contributed by atoms with E-state index in [0.29, 0.717) is 0 Å². The van der Waals surface area contributed by atoms with Crippen molar-refractivity contribution in [3.63, 3.8) is 0 Å². The van der Waals surface area contributed by atoms with E-state index in [1.54, 1.807) is 0 Å². The van der Waals surface area contributed by atoms with Gasteiger partial charge in [0, 0.05) is 12.6 Å². The molecule has 0 bridgehead atoms. The van der Waals surface area contributed by atoms with Crippen LogP contribution in [0.4, 0.5) is 0 Å². The Balaban J connectivity index is 2.27. The van der Waals surface area contributed by atoms with Gasteiger partial charge >= 0.3 is 0 Å². The lowest BCUT2D eigenvalue weighted by atomic mass is 10.2. The fraction of sp³-hybridized carbons (Fsp3) is 0.625. The molecule has 0 amide bonds. The Hall–Kier alpha value is -0.440. The van der Waals surface area contributed by atoms with Crippen molar-refractivity contribution in [2.24, 2.45) is 0 Å². The van der Waals surface area contributed by atoms with Crippen molar-refractivity contribution in [3.05, 3.63) is 17.7 Å². The van der Waals surface area contributed by atoms with E-state index in [2.05, 4.69) is 22.6 Å². The minimum absolute atomic E-state index is 0.972. The smallest absolute Gasteiger partial charge is 0.106 e. The van der Waals surface area contributed by atoms with Gasteiger partial charge in [-0.2, -0.15) is 12.6 Å². The number of H-pyrrole nitrogens is 1. The number of hydrogen-bond acceptors (Lipinski definition) is 2. The molecule has 1 aromatic rings. The van der Waals surface area contributed by atoms with Gasteiger partial charge in [0.15, 0.2) is 0 Å². The monoisotopic (exact) mass is 170 g/mol. The molecule has 1 aromatic heterocycles. The molecule has 1 N–H and O–H groups in total. The van der Waals surface area contributed by atoms with E-state index in [4.69, 9.17) is 0 Å². The average Bonchev–Trinajstić information content (AvgIpc) is 2.37. The first-order chi connectivity index (χ1) is 5.33. The highest BCUT2D eigenvalue weighted by Gasteiger charge is 1.95. The Bertz CT molecular complexity index is 208. The van der Waals surface area contributed by atoms with Gasteiger partial charge in [0.25, 0.3) is 0 Å². The van der Waals surface area contributed by atoms with Crippen molar-refractivity contribution in [1.82, 2.24) is 9.97 Å². The lowest BCUT2D eigenvalue weighted by Crippen LogP contribution is -1.88. The zero-order valence-electron chi connectivity index (χ0n) is 6.80. The van der Waals surface area contributed by atoms with Crippen LogP contribution < -0.4 is 0 Å². The van der Waals surface area contributed by atoms with Crippen LogP contribution in [-0.4, -0.2) is 15.7 Å². The number of hydrogen-bond donors (Lipinski definition) is 2. The van der Waals surface area contributed by atoms with Gasteiger partial charge < -0.3 is 4.98 Å². The molecule has 0 saturated carbocycles. The maximum Gasteiger partial charge on any atom is 0.106 e. The molecular weight excluding hydrogens is 156 g/mol. The molecule has 0 aliphatic rings. The Labute approximate surface area is 72.8 Å². The van der Waals surface area contributed by atoms with E-state index < -0.39 is 0 Å². The summed E-state index contributed by atoms with van der Waals surface area (Å²) >= 11 is 4.14. The van der Waals surface area contributed by atoms with Crippen LogP contribution in [0.25, 0.3) is 0 Å². The zero-order chi connectivity index (χ0) is 8.10. The van der Waals surface area contributed by atoms with Crippen molar-refractivity contribution >= 4 is 12.6 Å². The topological polar surface area (TPSA) is 28.7 Å². The maximum absolute atomic E-state index is 4.30. The summed E-state index contributed by atoms with van der Waals surface area (Å²) in [7, 11) is 0. The van der Waals surface area contributed by atoms with Crippen LogP contribution in [0.2, 0.25) is 0 Å². The van der Waals surface area contributed by atoms with Crippen molar-refractivity contribution < 1.29 is 0 Å². The Morgan fingerprint density at radius 2 is 2.36 bits per heavy atom. The molecule has 62 valence electrons. The second kappa shape index (κ2) is 4.44. The van der Waals surface area contributed by atoms with Crippen LogP contribution in [0, 0.1) is 6.92 Å². The Morgan fingerprint density at radius 3 is 2.91 bits per heavy atom. The molecule has 1 rings (SSSR count). The van der Waals surface area contributed by atoms with Crippen LogP contribution in [0.3, 0.4) is 0 Å². The van der Waals surface area contributed by atoms with E-state index in [9.17, 15) is 0 Å². The molecule has 0 atom stereocenters. The van der Waals surface area contributed by atoms with Crippen LogP contribution >= 0.6 is 12.6 Å². The summed E-state index contributed by atoms with van der Waals surface area (Å²) in [5, 5.41) is 0. The fourth-order valence-electron chi connectivity index (χ4n) is 0.997. The number of nitrogens with zero attached hydrogens (tertiary/aromatic N) is 1. The average molecular weight is 170 g/mol. The summed E-state index contributed by atoms with van der Waals surface area (Å²) in [6, 6.07) is 0. The van der Waals surface area contributed by atoms with E-state index in [0.717, 1.165) is 23.7 Å². The highest BCUT2D eigenvalue weighted by atomic mass is 32.1. The predicted octanol–water partition coefficient (Wildman–Crippen LogP) is 1.97. The van der Waals surface area contributed by atoms with E-state index in [-0.39, 0.29) is 0 Å². The highest BCUT2D eigenvalue weighted by molar-refractivity contribution is 7.80. The normalized spacial score (nSPS) is 10.4. The lowest BCUT2D eigenvalue weighted by molar-refractivity contribution is 0.768. The molecule has 0 aliphatic heterocycles. The first-order valence-electron chi connectivity index (χ1n) is 3.94. The van der Waals surface area contributed by atoms with Gasteiger partial charge in [-0.3, -0.25) is 0 Å². The number of aromatic nitrogens is 2. The summed E-state index contributed by atoms with van der Waals surface area (Å²) in [5.41, 5.74) is 1.07. The van der Waals surface area contributed by atoms with Gasteiger partial charge in [0.05, 0.1) is 5.69 Å². The number of rotatable bonds is 4. The van der Waals surface area contributed by atoms with E-state index in [1.165, 1.54) is 12.8 Å². The van der Waals surface area contributed by atoms with Gasteiger partial charge in [0.2, 0.25) is 0 Å². The molecule has 3 heteroatoms. The molecule has 1 heterocycles. The standard InChI is InChI=1S/C8H14N2S/c1-7-6-9-8(10-7)4-2-3-5-11/h6,11H,2-5H2,1H3,(H,9,10). The summed E-state index contributed by atoms with van der Waals surface area (Å²) in [5.74, 6) is 2.07. The third kappa shape index (κ3) is 2.97. The fourth-order valence-corrected chi connectivity index (χ4v) is 1.22. The maximum atomic E-state index is 4.30. The summed E-state index contributed by atoms with van der Waals surface area (Å²) < 4.78 is 0. The van der Waals surface area contributed by atoms with E-state index >= 15 is 0 Å². The number of unbranched alkanes of at least 4 members (excludes halogenated alkanes) is 1. The van der Waals surface area contributed by atoms with Crippen LogP contribution in [0.15, 0.2) is 6.20 Å². The van der Waals surface area contributed by atoms with Crippen LogP contribution in [-0.2, 0) is 6.42 Å². The molecule has 0 aliphatic carbocycles. The van der Waals surface area contributed by atoms with Gasteiger partial charge in [-0.15, -0.1) is 0 Å². The number of thiol groups is 1. The highest BCUT2D eigenvalue weighted by Crippen LogP contribution is 2.01. The van der Waals surface area contributed by atoms with Gasteiger partial charge in [-0.1, -0.05) is 0 Å². The molecular formula is C8H14N2S. The third-order valence-corrected chi connectivity index (χ3v) is 1.90. The largest absolute Gasteiger partial charge is 0.348 e. The van der Waals surface area contributed by atoms with Gasteiger partial charge in [0.1, 0.15) is 5.82 Å². The van der Waals surface area contributed by atoms with Gasteiger partial charge in [-0.25, -0.2) is 4.98 Å². The molecule has 0 spiro atoms. The number of imidazole rings is 1. The van der Waals surface area contributed by atoms with Crippen LogP contribution in [0.1, 0.15) is 24.4 Å². The minimum Gasteiger partial charge on any atom is -0.348 e. The zero-order valence-corrected chi connectivity index (χ0v) is 7.69. The summed E-state index contributed by atoms with van der Waals surface area (Å²) in [6.07, 6.45) is 5.34. The Kier molecular flexibility index (Phi) is 3.49. The molecule has 0 unspecified atom stereocenters. The first-order valence-corrected chi connectivity index (χ1v) is 4.58. The van der Waals surface area contributed by atoms with Crippen molar-refractivity contribution in [1.29, 1.82) is 0 Å². The second-order valence-corrected chi connectivity index (χ2v) is 3.12. The molecule has 0 aromatic carbocycles. The lowest BCUT2D eigenvalue weighted by Gasteiger charge is -1.93. The van der Waals surface area contributed by atoms with Crippen LogP contribution in [0.5, 0.6) is 0 Å². The quantitative estimate of drug-likeness (QED) is 0.525. The van der Waals surface area contributed by atoms with Crippen molar-refractivity contribution in [3.8, 4) is 0 Å². The molecule has 0 saturated heterocycles. The molecule has 11 heavy (non-hydrogen) atoms. The Morgan fingerprint density at radius 1 is 1.55 bits per heavy atom. The number of nitrogens with one attached hydrogen (secondary N) is 1. The van der Waals surface area contributed by atoms with Crippen molar-refractivity contribution in [2.45, 2.75) is 26.2 Å². The number of aryl methyl sites for hydroxylation is 2. The predicted molar refractivity (Wildman–Crippen MR) is 50.1 cm³/mol. The third-order valence-electron chi connectivity index (χ3n) is 1.58. The first kappa shape index (κ1) is 8.65. The van der Waals surface area contributed by atoms with E-state index in [1.807, 2.05) is 13.1 Å². The molecule has 2 nitrogen and oxygen atoms in total. The van der Waals surface area contributed by atoms with Crippen molar-refractivity contribution in [2.75, 3.05) is 5.75 Å². The second-order valence-electron chi connectivity index (χ2n) is 2.67. The summed E-state index contributed by atoms with van der Waals surface area (Å²) in [6.45, 7) is 2.00. The number of aromatic amines is 1. The summed E-state index contributed by atoms with van der Waals surface area (Å²) in [4.78, 5) is 7.43. The molecule has 0 fully saturated rings. The van der Waals surface area contributed by atoms with Gasteiger partial charge in [-0.05, 0) is 25.5 Å². The SMILES string of the molecule is Cc1c[nH]c(CCCCS)n1.